The lowest BCUT2D eigenvalue weighted by atomic mass is 9.46. The fraction of sp³-hybridized carbons (Fsp3) is 0.724. The van der Waals surface area contributed by atoms with Crippen molar-refractivity contribution in [3.63, 3.8) is 0 Å². The van der Waals surface area contributed by atoms with Gasteiger partial charge in [0.2, 0.25) is 17.6 Å². The van der Waals surface area contributed by atoms with Crippen LogP contribution < -0.4 is 11.1 Å². The summed E-state index contributed by atoms with van der Waals surface area (Å²) in [6, 6.07) is -1.50. The second-order valence-corrected chi connectivity index (χ2v) is 12.5. The van der Waals surface area contributed by atoms with Gasteiger partial charge >= 0.3 is 11.9 Å². The summed E-state index contributed by atoms with van der Waals surface area (Å²) in [5, 5.41) is 22.9. The van der Waals surface area contributed by atoms with Crippen LogP contribution in [-0.4, -0.2) is 63.8 Å². The molecule has 4 aliphatic carbocycles. The molecule has 11 heteroatoms. The molecule has 0 aliphatic heterocycles. The van der Waals surface area contributed by atoms with Gasteiger partial charge in [0.1, 0.15) is 11.6 Å². The second-order valence-electron chi connectivity index (χ2n) is 12.5. The van der Waals surface area contributed by atoms with Crippen molar-refractivity contribution in [2.24, 2.45) is 34.3 Å². The molecule has 0 bridgehead atoms. The largest absolute Gasteiger partial charge is 0.480 e. The van der Waals surface area contributed by atoms with Gasteiger partial charge in [-0.15, -0.1) is 0 Å². The van der Waals surface area contributed by atoms with E-state index in [1.165, 1.54) is 5.57 Å². The lowest BCUT2D eigenvalue weighted by Gasteiger charge is -2.58. The highest BCUT2D eigenvalue weighted by molar-refractivity contribution is 5.92. The summed E-state index contributed by atoms with van der Waals surface area (Å²) in [5.41, 5.74) is 3.95. The number of Topliss-reactive ketones (excluding diaryl/α,β-unsaturated/α-hetero) is 1. The number of allylic oxidation sites excluding steroid dienone is 1. The molecular formula is C29H40N2O9. The number of hydrogen-bond donors (Lipinski definition) is 4. The van der Waals surface area contributed by atoms with Gasteiger partial charge in [-0.05, 0) is 74.2 Å². The van der Waals surface area contributed by atoms with E-state index in [1.807, 2.05) is 13.0 Å². The Morgan fingerprint density at radius 2 is 1.75 bits per heavy atom. The van der Waals surface area contributed by atoms with Crippen LogP contribution >= 0.6 is 0 Å². The average molecular weight is 561 g/mol. The van der Waals surface area contributed by atoms with Crippen LogP contribution in [0.5, 0.6) is 0 Å². The van der Waals surface area contributed by atoms with E-state index in [1.54, 1.807) is 0 Å². The minimum absolute atomic E-state index is 0.0188. The van der Waals surface area contributed by atoms with Crippen LogP contribution in [0.3, 0.4) is 0 Å². The van der Waals surface area contributed by atoms with Crippen LogP contribution in [0.15, 0.2) is 11.6 Å². The molecule has 220 valence electrons. The molecule has 3 fully saturated rings. The van der Waals surface area contributed by atoms with Crippen molar-refractivity contribution in [3.8, 4) is 0 Å². The molecule has 40 heavy (non-hydrogen) atoms. The Kier molecular flexibility index (Phi) is 8.27. The lowest BCUT2D eigenvalue weighted by Crippen LogP contribution is -2.58. The Morgan fingerprint density at radius 1 is 1.05 bits per heavy atom. The van der Waals surface area contributed by atoms with Gasteiger partial charge in [0.15, 0.2) is 12.4 Å². The Balaban J connectivity index is 1.33. The third kappa shape index (κ3) is 5.32. The number of aliphatic carboxylic acids is 1. The van der Waals surface area contributed by atoms with E-state index in [0.29, 0.717) is 37.5 Å². The van der Waals surface area contributed by atoms with Gasteiger partial charge in [0.25, 0.3) is 0 Å². The molecule has 11 nitrogen and oxygen atoms in total. The molecular weight excluding hydrogens is 520 g/mol. The van der Waals surface area contributed by atoms with Crippen molar-refractivity contribution < 1.29 is 43.7 Å². The van der Waals surface area contributed by atoms with Gasteiger partial charge in [0, 0.05) is 18.3 Å². The van der Waals surface area contributed by atoms with Crippen molar-refractivity contribution in [1.82, 2.24) is 5.32 Å². The minimum atomic E-state index is -1.62. The van der Waals surface area contributed by atoms with Gasteiger partial charge in [-0.2, -0.15) is 0 Å². The third-order valence-electron chi connectivity index (χ3n) is 10.5. The molecule has 2 amide bonds. The Labute approximate surface area is 233 Å². The minimum Gasteiger partial charge on any atom is -0.480 e. The van der Waals surface area contributed by atoms with Gasteiger partial charge in [-0.25, -0.2) is 4.79 Å². The first-order valence-electron chi connectivity index (χ1n) is 14.2. The number of carboxylic acid groups (broad SMARTS) is 1. The molecule has 0 spiro atoms. The second kappa shape index (κ2) is 11.1. The van der Waals surface area contributed by atoms with E-state index in [9.17, 15) is 33.9 Å². The maximum atomic E-state index is 13.3. The summed E-state index contributed by atoms with van der Waals surface area (Å²) in [6.45, 7) is 3.64. The van der Waals surface area contributed by atoms with Crippen molar-refractivity contribution in [1.29, 1.82) is 0 Å². The number of ketones is 2. The van der Waals surface area contributed by atoms with E-state index in [4.69, 9.17) is 15.6 Å². The predicted molar refractivity (Wildman–Crippen MR) is 140 cm³/mol. The highest BCUT2D eigenvalue weighted by Crippen LogP contribution is 2.67. The van der Waals surface area contributed by atoms with Gasteiger partial charge in [0.05, 0.1) is 12.8 Å². The smallest absolute Gasteiger partial charge is 0.326 e. The topological polar surface area (TPSA) is 190 Å². The first-order chi connectivity index (χ1) is 18.7. The van der Waals surface area contributed by atoms with Crippen molar-refractivity contribution in [2.45, 2.75) is 96.1 Å². The van der Waals surface area contributed by atoms with E-state index >= 15 is 0 Å². The van der Waals surface area contributed by atoms with Crippen LogP contribution in [0.1, 0.15) is 84.5 Å². The normalized spacial score (nSPS) is 35.3. The fourth-order valence-electron chi connectivity index (χ4n) is 8.25. The number of esters is 1. The summed E-state index contributed by atoms with van der Waals surface area (Å²) in [4.78, 5) is 71.8. The number of carboxylic acids is 1. The molecule has 0 heterocycles. The summed E-state index contributed by atoms with van der Waals surface area (Å²) in [5.74, 6) is -3.38. The number of primary amides is 1. The zero-order valence-electron chi connectivity index (χ0n) is 23.2. The van der Waals surface area contributed by atoms with Gasteiger partial charge in [-0.3, -0.25) is 24.0 Å². The summed E-state index contributed by atoms with van der Waals surface area (Å²) >= 11 is 0. The Bertz CT molecular complexity index is 1150. The summed E-state index contributed by atoms with van der Waals surface area (Å²) < 4.78 is 5.12. The molecule has 4 unspecified atom stereocenters. The zero-order valence-corrected chi connectivity index (χ0v) is 23.2. The van der Waals surface area contributed by atoms with Crippen LogP contribution in [-0.2, 0) is 33.5 Å². The molecule has 0 aromatic rings. The standard InChI is InChI=1S/C29H40N2O9/c1-27-10-7-17(32)13-16(27)3-4-18-19(27)8-11-28(2)20(18)9-12-29(28,39)22(33)15-40-25(36)6-5-24(35)31-21(26(37)38)14-23(30)34/h13,18-21,39H,3-12,14-15H2,1-2H3,(H2,30,34)(H,31,35)(H,37,38)/t18?,19?,20?,21?,27-,28-,29-/m0/s1. The number of carbonyl (C=O) groups excluding carboxylic acids is 5. The number of fused-ring (bicyclic) bond motifs is 5. The number of carbonyl (C=O) groups is 6. The number of aliphatic hydroxyl groups is 1. The maximum absolute atomic E-state index is 13.3. The molecule has 0 aromatic carbocycles. The van der Waals surface area contributed by atoms with Crippen LogP contribution in [0.4, 0.5) is 0 Å². The number of nitrogens with two attached hydrogens (primary N) is 1. The van der Waals surface area contributed by atoms with E-state index in [-0.39, 0.29) is 17.1 Å². The van der Waals surface area contributed by atoms with E-state index < -0.39 is 72.5 Å². The number of rotatable bonds is 10. The van der Waals surface area contributed by atoms with Crippen molar-refractivity contribution in [2.75, 3.05) is 6.61 Å². The third-order valence-corrected chi connectivity index (χ3v) is 10.5. The van der Waals surface area contributed by atoms with Crippen molar-refractivity contribution >= 4 is 35.3 Å². The monoisotopic (exact) mass is 560 g/mol. The van der Waals surface area contributed by atoms with Crippen LogP contribution in [0, 0.1) is 28.6 Å². The van der Waals surface area contributed by atoms with Crippen molar-refractivity contribution in [3.05, 3.63) is 11.6 Å². The molecule has 7 atom stereocenters. The molecule has 4 aliphatic rings. The maximum Gasteiger partial charge on any atom is 0.326 e. The van der Waals surface area contributed by atoms with Crippen LogP contribution in [0.25, 0.3) is 0 Å². The number of hydrogen-bond acceptors (Lipinski definition) is 8. The average Bonchev–Trinajstić information content (AvgIpc) is 3.17. The highest BCUT2D eigenvalue weighted by atomic mass is 16.5. The first-order valence-corrected chi connectivity index (χ1v) is 14.2. The predicted octanol–water partition coefficient (Wildman–Crippen LogP) is 1.59. The number of amides is 2. The number of nitrogens with one attached hydrogen (secondary N) is 1. The number of ether oxygens (including phenoxy) is 1. The van der Waals surface area contributed by atoms with Gasteiger partial charge < -0.3 is 26.0 Å². The zero-order chi connectivity index (χ0) is 29.5. The molecule has 0 radical (unpaired) electrons. The highest BCUT2D eigenvalue weighted by Gasteiger charge is 2.66. The van der Waals surface area contributed by atoms with Gasteiger partial charge in [-0.1, -0.05) is 19.4 Å². The summed E-state index contributed by atoms with van der Waals surface area (Å²) in [6.07, 6.45) is 6.21. The quantitative estimate of drug-likeness (QED) is 0.287. The fourth-order valence-corrected chi connectivity index (χ4v) is 8.25. The molecule has 0 saturated heterocycles. The summed E-state index contributed by atoms with van der Waals surface area (Å²) in [7, 11) is 0. The first kappa shape index (κ1) is 29.9. The molecule has 3 saturated carbocycles. The van der Waals surface area contributed by atoms with E-state index in [2.05, 4.69) is 12.2 Å². The Morgan fingerprint density at radius 3 is 2.42 bits per heavy atom. The molecule has 4 rings (SSSR count). The molecule has 0 aromatic heterocycles. The Hall–Kier alpha value is -3.08. The molecule has 5 N–H and O–H groups in total. The van der Waals surface area contributed by atoms with Crippen LogP contribution in [0.2, 0.25) is 0 Å². The van der Waals surface area contributed by atoms with E-state index in [0.717, 1.165) is 25.7 Å². The SMILES string of the molecule is C[C@]12CCC(=O)C=C1CCC1C2CC[C@@]2(C)C1CC[C@]2(O)C(=O)COC(=O)CCC(=O)NC(CC(N)=O)C(=O)O. The lowest BCUT2D eigenvalue weighted by molar-refractivity contribution is -0.170.